The summed E-state index contributed by atoms with van der Waals surface area (Å²) in [7, 11) is 0. The van der Waals surface area contributed by atoms with Crippen LogP contribution in [0.1, 0.15) is 31.4 Å². The molecule has 1 saturated carbocycles. The molecule has 4 rings (SSSR count). The predicted octanol–water partition coefficient (Wildman–Crippen LogP) is 3.67. The highest BCUT2D eigenvalue weighted by molar-refractivity contribution is 5.91. The van der Waals surface area contributed by atoms with Crippen molar-refractivity contribution in [3.05, 3.63) is 64.6 Å². The molecular weight excluding hydrogens is 354 g/mol. The van der Waals surface area contributed by atoms with Crippen LogP contribution in [0.15, 0.2) is 53.3 Å². The van der Waals surface area contributed by atoms with Gasteiger partial charge in [-0.15, -0.1) is 0 Å². The number of hydrogen-bond donors (Lipinski definition) is 1. The molecule has 0 aliphatic heterocycles. The van der Waals surface area contributed by atoms with E-state index >= 15 is 0 Å². The van der Waals surface area contributed by atoms with Crippen LogP contribution in [-0.2, 0) is 11.3 Å². The lowest BCUT2D eigenvalue weighted by atomic mass is 10.1. The van der Waals surface area contributed by atoms with Crippen molar-refractivity contribution in [3.63, 3.8) is 0 Å². The van der Waals surface area contributed by atoms with Crippen LogP contribution in [0.2, 0.25) is 0 Å². The first-order chi connectivity index (χ1) is 13.6. The van der Waals surface area contributed by atoms with E-state index in [-0.39, 0.29) is 24.1 Å². The maximum absolute atomic E-state index is 12.6. The van der Waals surface area contributed by atoms with E-state index in [1.807, 2.05) is 43.3 Å². The standard InChI is InChI=1S/C22H23N3O3/c1-15-19-11-4-5-12-20(19)22(27)25(24-15)14-21(26)23-16-7-6-10-18(13-16)28-17-8-2-3-9-17/h4-7,10-13,17H,2-3,8-9,14H2,1H3,(H,23,26). The molecule has 0 spiro atoms. The number of carbonyl (C=O) groups excluding carboxylic acids is 1. The van der Waals surface area contributed by atoms with Gasteiger partial charge in [0.15, 0.2) is 0 Å². The Bertz CT molecular complexity index is 1070. The fourth-order valence-electron chi connectivity index (χ4n) is 3.69. The summed E-state index contributed by atoms with van der Waals surface area (Å²) in [5, 5.41) is 8.49. The Labute approximate surface area is 163 Å². The SMILES string of the molecule is Cc1nn(CC(=O)Nc2cccc(OC3CCCC3)c2)c(=O)c2ccccc12. The fraction of sp³-hybridized carbons (Fsp3) is 0.318. The summed E-state index contributed by atoms with van der Waals surface area (Å²) in [6.45, 7) is 1.69. The molecule has 0 radical (unpaired) electrons. The number of nitrogens with zero attached hydrogens (tertiary/aromatic N) is 2. The van der Waals surface area contributed by atoms with Gasteiger partial charge in [-0.25, -0.2) is 4.68 Å². The van der Waals surface area contributed by atoms with Crippen molar-refractivity contribution in [2.75, 3.05) is 5.32 Å². The molecular formula is C22H23N3O3. The smallest absolute Gasteiger partial charge is 0.275 e. The van der Waals surface area contributed by atoms with Crippen LogP contribution in [0.5, 0.6) is 5.75 Å². The molecule has 1 N–H and O–H groups in total. The summed E-state index contributed by atoms with van der Waals surface area (Å²) in [5.74, 6) is 0.448. The summed E-state index contributed by atoms with van der Waals surface area (Å²) < 4.78 is 7.19. The average Bonchev–Trinajstić information content (AvgIpc) is 3.19. The normalized spacial score (nSPS) is 14.3. The minimum Gasteiger partial charge on any atom is -0.490 e. The Balaban J connectivity index is 1.48. The molecule has 1 heterocycles. The van der Waals surface area contributed by atoms with Gasteiger partial charge in [0.1, 0.15) is 12.3 Å². The summed E-state index contributed by atoms with van der Waals surface area (Å²) >= 11 is 0. The lowest BCUT2D eigenvalue weighted by Gasteiger charge is -2.14. The molecule has 6 nitrogen and oxygen atoms in total. The molecule has 0 bridgehead atoms. The number of benzene rings is 2. The highest BCUT2D eigenvalue weighted by Crippen LogP contribution is 2.25. The van der Waals surface area contributed by atoms with E-state index in [1.54, 1.807) is 12.1 Å². The number of rotatable bonds is 5. The molecule has 1 aromatic heterocycles. The van der Waals surface area contributed by atoms with Crippen LogP contribution < -0.4 is 15.6 Å². The third-order valence-electron chi connectivity index (χ3n) is 5.07. The molecule has 1 amide bonds. The van der Waals surface area contributed by atoms with Gasteiger partial charge in [-0.3, -0.25) is 9.59 Å². The van der Waals surface area contributed by atoms with Crippen LogP contribution in [-0.4, -0.2) is 21.8 Å². The number of nitrogens with one attached hydrogen (secondary N) is 1. The van der Waals surface area contributed by atoms with E-state index in [1.165, 1.54) is 17.5 Å². The van der Waals surface area contributed by atoms with E-state index in [0.29, 0.717) is 11.1 Å². The molecule has 6 heteroatoms. The maximum atomic E-state index is 12.6. The fourth-order valence-corrected chi connectivity index (χ4v) is 3.69. The Hall–Kier alpha value is -3.15. The second kappa shape index (κ2) is 7.84. The molecule has 3 aromatic rings. The summed E-state index contributed by atoms with van der Waals surface area (Å²) in [4.78, 5) is 25.1. The molecule has 0 atom stereocenters. The van der Waals surface area contributed by atoms with E-state index in [2.05, 4.69) is 10.4 Å². The minimum absolute atomic E-state index is 0.141. The van der Waals surface area contributed by atoms with Gasteiger partial charge in [0.05, 0.1) is 17.2 Å². The van der Waals surface area contributed by atoms with E-state index < -0.39 is 0 Å². The first kappa shape index (κ1) is 18.2. The maximum Gasteiger partial charge on any atom is 0.275 e. The van der Waals surface area contributed by atoms with Gasteiger partial charge in [-0.2, -0.15) is 5.10 Å². The molecule has 2 aromatic carbocycles. The third-order valence-corrected chi connectivity index (χ3v) is 5.07. The summed E-state index contributed by atoms with van der Waals surface area (Å²) in [6.07, 6.45) is 4.82. The van der Waals surface area contributed by atoms with Crippen molar-refractivity contribution in [1.82, 2.24) is 9.78 Å². The van der Waals surface area contributed by atoms with Gasteiger partial charge in [-0.1, -0.05) is 24.3 Å². The quantitative estimate of drug-likeness (QED) is 0.736. The number of aromatic nitrogens is 2. The lowest BCUT2D eigenvalue weighted by molar-refractivity contribution is -0.117. The number of hydrogen-bond acceptors (Lipinski definition) is 4. The number of fused-ring (bicyclic) bond motifs is 1. The zero-order chi connectivity index (χ0) is 19.5. The number of anilines is 1. The predicted molar refractivity (Wildman–Crippen MR) is 109 cm³/mol. The summed E-state index contributed by atoms with van der Waals surface area (Å²) in [6, 6.07) is 14.7. The number of aryl methyl sites for hydroxylation is 1. The van der Waals surface area contributed by atoms with Crippen LogP contribution in [0.25, 0.3) is 10.8 Å². The number of amides is 1. The Morgan fingerprint density at radius 2 is 1.89 bits per heavy atom. The highest BCUT2D eigenvalue weighted by atomic mass is 16.5. The Morgan fingerprint density at radius 3 is 2.68 bits per heavy atom. The average molecular weight is 377 g/mol. The second-order valence-corrected chi connectivity index (χ2v) is 7.19. The molecule has 0 saturated heterocycles. The molecule has 28 heavy (non-hydrogen) atoms. The third kappa shape index (κ3) is 3.91. The highest BCUT2D eigenvalue weighted by Gasteiger charge is 2.17. The topological polar surface area (TPSA) is 73.2 Å². The van der Waals surface area contributed by atoms with Crippen molar-refractivity contribution in [2.45, 2.75) is 45.3 Å². The van der Waals surface area contributed by atoms with Gasteiger partial charge >= 0.3 is 0 Å². The monoisotopic (exact) mass is 377 g/mol. The lowest BCUT2D eigenvalue weighted by Crippen LogP contribution is -2.30. The van der Waals surface area contributed by atoms with Crippen LogP contribution in [0.4, 0.5) is 5.69 Å². The molecule has 0 unspecified atom stereocenters. The van der Waals surface area contributed by atoms with Gasteiger partial charge in [0.2, 0.25) is 5.91 Å². The zero-order valence-electron chi connectivity index (χ0n) is 15.9. The van der Waals surface area contributed by atoms with E-state index in [9.17, 15) is 9.59 Å². The van der Waals surface area contributed by atoms with Crippen molar-refractivity contribution in [2.24, 2.45) is 0 Å². The largest absolute Gasteiger partial charge is 0.490 e. The van der Waals surface area contributed by atoms with Crippen LogP contribution in [0.3, 0.4) is 0 Å². The minimum atomic E-state index is -0.303. The van der Waals surface area contributed by atoms with Gasteiger partial charge in [0, 0.05) is 17.1 Å². The second-order valence-electron chi connectivity index (χ2n) is 7.19. The molecule has 144 valence electrons. The molecule has 1 aliphatic rings. The van der Waals surface area contributed by atoms with Crippen LogP contribution in [0, 0.1) is 6.92 Å². The first-order valence-corrected chi connectivity index (χ1v) is 9.63. The van der Waals surface area contributed by atoms with E-state index in [4.69, 9.17) is 4.74 Å². The van der Waals surface area contributed by atoms with Gasteiger partial charge in [-0.05, 0) is 50.8 Å². The van der Waals surface area contributed by atoms with Crippen molar-refractivity contribution < 1.29 is 9.53 Å². The van der Waals surface area contributed by atoms with Crippen LogP contribution >= 0.6 is 0 Å². The first-order valence-electron chi connectivity index (χ1n) is 9.63. The zero-order valence-corrected chi connectivity index (χ0v) is 15.9. The van der Waals surface area contributed by atoms with E-state index in [0.717, 1.165) is 29.7 Å². The van der Waals surface area contributed by atoms with Crippen molar-refractivity contribution >= 4 is 22.4 Å². The molecule has 1 fully saturated rings. The molecule has 1 aliphatic carbocycles. The number of carbonyl (C=O) groups is 1. The Kier molecular flexibility index (Phi) is 5.10. The number of ether oxygens (including phenoxy) is 1. The van der Waals surface area contributed by atoms with Crippen molar-refractivity contribution in [1.29, 1.82) is 0 Å². The van der Waals surface area contributed by atoms with Gasteiger partial charge in [0.25, 0.3) is 5.56 Å². The van der Waals surface area contributed by atoms with Crippen molar-refractivity contribution in [3.8, 4) is 5.75 Å². The van der Waals surface area contributed by atoms with Gasteiger partial charge < -0.3 is 10.1 Å². The summed E-state index contributed by atoms with van der Waals surface area (Å²) in [5.41, 5.74) is 1.09. The Morgan fingerprint density at radius 1 is 1.14 bits per heavy atom.